The fourth-order valence-electron chi connectivity index (χ4n) is 3.10. The van der Waals surface area contributed by atoms with Crippen LogP contribution in [0.25, 0.3) is 0 Å². The van der Waals surface area contributed by atoms with E-state index in [4.69, 9.17) is 4.74 Å². The van der Waals surface area contributed by atoms with Gasteiger partial charge in [0.1, 0.15) is 12.4 Å². The van der Waals surface area contributed by atoms with Crippen molar-refractivity contribution < 1.29 is 14.6 Å². The summed E-state index contributed by atoms with van der Waals surface area (Å²) in [7, 11) is 0. The van der Waals surface area contributed by atoms with Crippen molar-refractivity contribution in [1.29, 1.82) is 0 Å². The number of anilines is 1. The molecule has 3 rings (SSSR count). The summed E-state index contributed by atoms with van der Waals surface area (Å²) in [6.07, 6.45) is 3.67. The van der Waals surface area contributed by atoms with E-state index >= 15 is 0 Å². The number of aliphatic carboxylic acids is 1. The van der Waals surface area contributed by atoms with Crippen molar-refractivity contribution in [2.45, 2.75) is 12.5 Å². The normalized spacial score (nSPS) is 16.4. The Bertz CT molecular complexity index is 658. The van der Waals surface area contributed by atoms with E-state index in [-0.39, 0.29) is 12.5 Å². The van der Waals surface area contributed by atoms with Crippen molar-refractivity contribution in [3.8, 4) is 5.75 Å². The fourth-order valence-corrected chi connectivity index (χ4v) is 3.10. The SMILES string of the molecule is O=C(O)CC(COc1ccccc1)N1CCN(c2ccncc2)CC1. The molecule has 0 amide bonds. The quantitative estimate of drug-likeness (QED) is 0.832. The molecule has 0 spiro atoms. The molecule has 1 aliphatic rings. The van der Waals surface area contributed by atoms with Crippen LogP contribution >= 0.6 is 0 Å². The zero-order valence-electron chi connectivity index (χ0n) is 14.1. The number of piperazine rings is 1. The predicted octanol–water partition coefficient (Wildman–Crippen LogP) is 2.13. The number of hydrogen-bond acceptors (Lipinski definition) is 5. The van der Waals surface area contributed by atoms with Gasteiger partial charge in [0, 0.05) is 44.3 Å². The molecule has 1 fully saturated rings. The van der Waals surface area contributed by atoms with Crippen LogP contribution in [0, 0.1) is 0 Å². The van der Waals surface area contributed by atoms with E-state index in [9.17, 15) is 9.90 Å². The largest absolute Gasteiger partial charge is 0.492 e. The molecule has 1 saturated heterocycles. The summed E-state index contributed by atoms with van der Waals surface area (Å²) in [4.78, 5) is 19.8. The summed E-state index contributed by atoms with van der Waals surface area (Å²) in [5.74, 6) is -0.0217. The van der Waals surface area contributed by atoms with Gasteiger partial charge >= 0.3 is 5.97 Å². The molecule has 0 bridgehead atoms. The molecule has 132 valence electrons. The Kier molecular flexibility index (Phi) is 5.85. The van der Waals surface area contributed by atoms with Gasteiger partial charge in [0.05, 0.1) is 12.5 Å². The van der Waals surface area contributed by atoms with Crippen LogP contribution < -0.4 is 9.64 Å². The van der Waals surface area contributed by atoms with Gasteiger partial charge in [0.2, 0.25) is 0 Å². The van der Waals surface area contributed by atoms with E-state index in [1.54, 1.807) is 12.4 Å². The van der Waals surface area contributed by atoms with E-state index in [0.717, 1.165) is 37.6 Å². The van der Waals surface area contributed by atoms with Crippen LogP contribution in [-0.4, -0.2) is 59.8 Å². The second-order valence-electron chi connectivity index (χ2n) is 6.10. The third-order valence-electron chi connectivity index (χ3n) is 4.45. The Balaban J connectivity index is 1.57. The number of carboxylic acids is 1. The molecule has 1 aromatic heterocycles. The maximum atomic E-state index is 11.2. The summed E-state index contributed by atoms with van der Waals surface area (Å²) in [5.41, 5.74) is 1.16. The maximum Gasteiger partial charge on any atom is 0.305 e. The average molecular weight is 341 g/mol. The minimum absolute atomic E-state index is 0.0854. The molecule has 2 aromatic rings. The third-order valence-corrected chi connectivity index (χ3v) is 4.45. The number of para-hydroxylation sites is 1. The highest BCUT2D eigenvalue weighted by atomic mass is 16.5. The predicted molar refractivity (Wildman–Crippen MR) is 96.0 cm³/mol. The lowest BCUT2D eigenvalue weighted by Gasteiger charge is -2.39. The Morgan fingerprint density at radius 2 is 1.76 bits per heavy atom. The number of nitrogens with zero attached hydrogens (tertiary/aromatic N) is 3. The maximum absolute atomic E-state index is 11.2. The number of carboxylic acid groups (broad SMARTS) is 1. The summed E-state index contributed by atoms with van der Waals surface area (Å²) >= 11 is 0. The molecule has 1 atom stereocenters. The molecule has 1 aromatic carbocycles. The molecule has 1 N–H and O–H groups in total. The lowest BCUT2D eigenvalue weighted by Crippen LogP contribution is -2.52. The van der Waals surface area contributed by atoms with E-state index in [0.29, 0.717) is 6.61 Å². The first-order chi connectivity index (χ1) is 12.2. The van der Waals surface area contributed by atoms with Gasteiger partial charge in [-0.05, 0) is 24.3 Å². The minimum Gasteiger partial charge on any atom is -0.492 e. The lowest BCUT2D eigenvalue weighted by atomic mass is 10.1. The summed E-state index contributed by atoms with van der Waals surface area (Å²) < 4.78 is 5.81. The lowest BCUT2D eigenvalue weighted by molar-refractivity contribution is -0.138. The van der Waals surface area contributed by atoms with Crippen LogP contribution in [0.4, 0.5) is 5.69 Å². The van der Waals surface area contributed by atoms with Crippen molar-refractivity contribution >= 4 is 11.7 Å². The first-order valence-corrected chi connectivity index (χ1v) is 8.51. The van der Waals surface area contributed by atoms with E-state index < -0.39 is 5.97 Å². The molecule has 0 radical (unpaired) electrons. The zero-order valence-corrected chi connectivity index (χ0v) is 14.1. The van der Waals surface area contributed by atoms with Crippen LogP contribution in [0.3, 0.4) is 0 Å². The van der Waals surface area contributed by atoms with Gasteiger partial charge in [-0.2, -0.15) is 0 Å². The number of hydrogen-bond donors (Lipinski definition) is 1. The van der Waals surface area contributed by atoms with Gasteiger partial charge in [-0.25, -0.2) is 0 Å². The Labute approximate surface area is 147 Å². The molecule has 0 saturated carbocycles. The number of carbonyl (C=O) groups is 1. The van der Waals surface area contributed by atoms with Crippen LogP contribution in [-0.2, 0) is 4.79 Å². The standard InChI is InChI=1S/C19H23N3O3/c23-19(24)14-17(15-25-18-4-2-1-3-5-18)22-12-10-21(11-13-22)16-6-8-20-9-7-16/h1-9,17H,10-15H2,(H,23,24). The minimum atomic E-state index is -0.793. The smallest absolute Gasteiger partial charge is 0.305 e. The van der Waals surface area contributed by atoms with E-state index in [1.165, 1.54) is 0 Å². The summed E-state index contributed by atoms with van der Waals surface area (Å²) in [6.45, 7) is 3.75. The average Bonchev–Trinajstić information content (AvgIpc) is 2.66. The third kappa shape index (κ3) is 4.93. The zero-order chi connectivity index (χ0) is 17.5. The highest BCUT2D eigenvalue weighted by molar-refractivity contribution is 5.67. The van der Waals surface area contributed by atoms with Crippen LogP contribution in [0.5, 0.6) is 5.75 Å². The Hall–Kier alpha value is -2.60. The topological polar surface area (TPSA) is 65.9 Å². The molecule has 25 heavy (non-hydrogen) atoms. The molecule has 2 heterocycles. The van der Waals surface area contributed by atoms with Crippen molar-refractivity contribution in [3.63, 3.8) is 0 Å². The van der Waals surface area contributed by atoms with E-state index in [2.05, 4.69) is 14.8 Å². The highest BCUT2D eigenvalue weighted by Gasteiger charge is 2.26. The molecule has 0 aliphatic carbocycles. The van der Waals surface area contributed by atoms with E-state index in [1.807, 2.05) is 42.5 Å². The molecule has 6 nitrogen and oxygen atoms in total. The van der Waals surface area contributed by atoms with Crippen molar-refractivity contribution in [2.24, 2.45) is 0 Å². The van der Waals surface area contributed by atoms with Crippen molar-refractivity contribution in [3.05, 3.63) is 54.9 Å². The molecule has 1 unspecified atom stereocenters. The van der Waals surface area contributed by atoms with Crippen LogP contribution in [0.1, 0.15) is 6.42 Å². The molecular weight excluding hydrogens is 318 g/mol. The number of aromatic nitrogens is 1. The van der Waals surface area contributed by atoms with Gasteiger partial charge in [0.25, 0.3) is 0 Å². The summed E-state index contributed by atoms with van der Waals surface area (Å²) in [6, 6.07) is 13.4. The molecular formula is C19H23N3O3. The first kappa shape index (κ1) is 17.2. The van der Waals surface area contributed by atoms with Crippen LogP contribution in [0.15, 0.2) is 54.9 Å². The monoisotopic (exact) mass is 341 g/mol. The second kappa shape index (κ2) is 8.48. The van der Waals surface area contributed by atoms with Gasteiger partial charge in [-0.15, -0.1) is 0 Å². The number of rotatable bonds is 7. The molecule has 1 aliphatic heterocycles. The Morgan fingerprint density at radius 1 is 1.08 bits per heavy atom. The van der Waals surface area contributed by atoms with Gasteiger partial charge in [0.15, 0.2) is 0 Å². The van der Waals surface area contributed by atoms with Gasteiger partial charge in [-0.3, -0.25) is 14.7 Å². The fraction of sp³-hybridized carbons (Fsp3) is 0.368. The highest BCUT2D eigenvalue weighted by Crippen LogP contribution is 2.18. The second-order valence-corrected chi connectivity index (χ2v) is 6.10. The first-order valence-electron chi connectivity index (χ1n) is 8.51. The van der Waals surface area contributed by atoms with Crippen molar-refractivity contribution in [1.82, 2.24) is 9.88 Å². The number of pyridine rings is 1. The van der Waals surface area contributed by atoms with Crippen molar-refractivity contribution in [2.75, 3.05) is 37.7 Å². The summed E-state index contributed by atoms with van der Waals surface area (Å²) in [5, 5.41) is 9.24. The molecule has 6 heteroatoms. The van der Waals surface area contributed by atoms with Gasteiger partial charge in [-0.1, -0.05) is 18.2 Å². The number of ether oxygens (including phenoxy) is 1. The van der Waals surface area contributed by atoms with Gasteiger partial charge < -0.3 is 14.7 Å². The van der Waals surface area contributed by atoms with Crippen LogP contribution in [0.2, 0.25) is 0 Å². The number of benzene rings is 1. The Morgan fingerprint density at radius 3 is 2.40 bits per heavy atom.